The van der Waals surface area contributed by atoms with E-state index in [0.29, 0.717) is 32.1 Å². The fraction of sp³-hybridized carbons (Fsp3) is 0.889. The molecule has 3 fully saturated rings. The fourth-order valence-electron chi connectivity index (χ4n) is 8.29. The Balaban J connectivity index is 1.64. The standard InChI is InChI=1S/C27H44O6/c1-24(2,32)10-9-23(31)27(5,33)22-7-6-16-15-12-19(28)18-13-20(29)21(30)14-26(18,4)17(15)8-11-25(16,22)3/h17-18,20-23,29-33H,6-14H2,1-5H3/t17-,18-,20+,21-,22-,23+,25-,26+,27+/m0/s1. The molecule has 9 atom stereocenters. The van der Waals surface area contributed by atoms with E-state index in [2.05, 4.69) is 13.8 Å². The first-order valence-corrected chi connectivity index (χ1v) is 12.9. The summed E-state index contributed by atoms with van der Waals surface area (Å²) in [6, 6.07) is 0. The molecule has 5 N–H and O–H groups in total. The first kappa shape index (κ1) is 25.3. The van der Waals surface area contributed by atoms with Gasteiger partial charge >= 0.3 is 0 Å². The summed E-state index contributed by atoms with van der Waals surface area (Å²) in [6.45, 7) is 9.48. The Labute approximate surface area is 198 Å². The number of Topliss-reactive ketones (excluding diaryl/α,β-unsaturated/α-hetero) is 1. The maximum absolute atomic E-state index is 13.3. The molecular weight excluding hydrogens is 420 g/mol. The number of hydrogen-bond acceptors (Lipinski definition) is 6. The van der Waals surface area contributed by atoms with Gasteiger partial charge in [-0.1, -0.05) is 25.0 Å². The van der Waals surface area contributed by atoms with Crippen LogP contribution in [0.1, 0.15) is 92.4 Å². The zero-order valence-electron chi connectivity index (χ0n) is 21.0. The summed E-state index contributed by atoms with van der Waals surface area (Å²) in [5.74, 6) is 0.0596. The molecule has 3 saturated carbocycles. The number of fused-ring (bicyclic) bond motifs is 4. The van der Waals surface area contributed by atoms with Crippen LogP contribution >= 0.6 is 0 Å². The molecule has 6 heteroatoms. The minimum atomic E-state index is -1.29. The normalized spacial score (nSPS) is 44.1. The van der Waals surface area contributed by atoms with Gasteiger partial charge in [-0.05, 0) is 94.8 Å². The Morgan fingerprint density at radius 1 is 1.06 bits per heavy atom. The van der Waals surface area contributed by atoms with E-state index in [9.17, 15) is 30.3 Å². The third-order valence-corrected chi connectivity index (χ3v) is 10.2. The molecule has 6 nitrogen and oxygen atoms in total. The minimum Gasteiger partial charge on any atom is -0.390 e. The molecule has 4 rings (SSSR count). The van der Waals surface area contributed by atoms with Crippen molar-refractivity contribution < 1.29 is 30.3 Å². The number of ketones is 1. The maximum atomic E-state index is 13.3. The van der Waals surface area contributed by atoms with Gasteiger partial charge in [0.05, 0.1) is 29.5 Å². The molecule has 0 heterocycles. The lowest BCUT2D eigenvalue weighted by molar-refractivity contribution is -0.150. The van der Waals surface area contributed by atoms with Crippen LogP contribution in [0, 0.1) is 28.6 Å². The van der Waals surface area contributed by atoms with Gasteiger partial charge in [0.25, 0.3) is 0 Å². The average Bonchev–Trinajstić information content (AvgIpc) is 3.06. The van der Waals surface area contributed by atoms with Crippen molar-refractivity contribution in [3.63, 3.8) is 0 Å². The van der Waals surface area contributed by atoms with Crippen molar-refractivity contribution in [2.45, 2.75) is 122 Å². The number of aliphatic hydroxyl groups is 5. The van der Waals surface area contributed by atoms with Crippen LogP contribution < -0.4 is 0 Å². The topological polar surface area (TPSA) is 118 Å². The van der Waals surface area contributed by atoms with Gasteiger partial charge in [-0.2, -0.15) is 0 Å². The molecule has 188 valence electrons. The lowest BCUT2D eigenvalue weighted by Crippen LogP contribution is -2.56. The SMILES string of the molecule is CC(C)(O)CC[C@@H](O)[C@](C)(O)[C@H]1CCC2=C3CC(=O)[C@@H]4C[C@@H](O)[C@@H](O)C[C@]4(C)[C@H]3CC[C@@]21C. The summed E-state index contributed by atoms with van der Waals surface area (Å²) < 4.78 is 0. The smallest absolute Gasteiger partial charge is 0.140 e. The predicted octanol–water partition coefficient (Wildman–Crippen LogP) is 2.88. The summed E-state index contributed by atoms with van der Waals surface area (Å²) in [7, 11) is 0. The molecule has 0 radical (unpaired) electrons. The van der Waals surface area contributed by atoms with Crippen molar-refractivity contribution in [2.75, 3.05) is 0 Å². The monoisotopic (exact) mass is 464 g/mol. The highest BCUT2D eigenvalue weighted by molar-refractivity contribution is 5.86. The second-order valence-electron chi connectivity index (χ2n) is 13.0. The van der Waals surface area contributed by atoms with E-state index in [0.717, 1.165) is 25.7 Å². The first-order chi connectivity index (χ1) is 15.1. The van der Waals surface area contributed by atoms with Crippen LogP contribution in [-0.2, 0) is 4.79 Å². The first-order valence-electron chi connectivity index (χ1n) is 12.9. The van der Waals surface area contributed by atoms with E-state index >= 15 is 0 Å². The second kappa shape index (κ2) is 8.12. The van der Waals surface area contributed by atoms with Crippen molar-refractivity contribution >= 4 is 5.78 Å². The van der Waals surface area contributed by atoms with Crippen molar-refractivity contribution in [1.82, 2.24) is 0 Å². The highest BCUT2D eigenvalue weighted by atomic mass is 16.3. The Morgan fingerprint density at radius 3 is 2.36 bits per heavy atom. The highest BCUT2D eigenvalue weighted by Crippen LogP contribution is 2.65. The molecule has 4 aliphatic carbocycles. The van der Waals surface area contributed by atoms with Crippen LogP contribution in [0.15, 0.2) is 11.1 Å². The summed E-state index contributed by atoms with van der Waals surface area (Å²) in [5, 5.41) is 53.3. The van der Waals surface area contributed by atoms with Crippen molar-refractivity contribution in [2.24, 2.45) is 28.6 Å². The summed E-state index contributed by atoms with van der Waals surface area (Å²) in [4.78, 5) is 13.3. The maximum Gasteiger partial charge on any atom is 0.140 e. The quantitative estimate of drug-likeness (QED) is 0.399. The van der Waals surface area contributed by atoms with Crippen LogP contribution in [0.4, 0.5) is 0 Å². The molecule has 0 aromatic rings. The minimum absolute atomic E-state index is 0.121. The molecule has 0 aliphatic heterocycles. The summed E-state index contributed by atoms with van der Waals surface area (Å²) >= 11 is 0. The molecule has 0 spiro atoms. The van der Waals surface area contributed by atoms with E-state index in [1.54, 1.807) is 20.8 Å². The van der Waals surface area contributed by atoms with Crippen molar-refractivity contribution in [1.29, 1.82) is 0 Å². The van der Waals surface area contributed by atoms with Crippen LogP contribution in [0.2, 0.25) is 0 Å². The average molecular weight is 465 g/mol. The van der Waals surface area contributed by atoms with E-state index in [1.807, 2.05) is 0 Å². The Kier molecular flexibility index (Phi) is 6.23. The number of hydrogen-bond donors (Lipinski definition) is 5. The van der Waals surface area contributed by atoms with Gasteiger partial charge in [0.15, 0.2) is 0 Å². The molecule has 0 bridgehead atoms. The Bertz CT molecular complexity index is 825. The summed E-state index contributed by atoms with van der Waals surface area (Å²) in [6.07, 6.45) is 2.75. The Morgan fingerprint density at radius 2 is 1.73 bits per heavy atom. The van der Waals surface area contributed by atoms with E-state index in [4.69, 9.17) is 0 Å². The third-order valence-electron chi connectivity index (χ3n) is 10.2. The Hall–Kier alpha value is -0.790. The number of rotatable bonds is 5. The molecule has 0 aromatic heterocycles. The largest absolute Gasteiger partial charge is 0.390 e. The molecule has 0 saturated heterocycles. The van der Waals surface area contributed by atoms with Crippen molar-refractivity contribution in [3.05, 3.63) is 11.1 Å². The zero-order chi connectivity index (χ0) is 24.6. The van der Waals surface area contributed by atoms with Gasteiger partial charge in [-0.3, -0.25) is 4.79 Å². The number of carbonyl (C=O) groups is 1. The van der Waals surface area contributed by atoms with Gasteiger partial charge in [-0.25, -0.2) is 0 Å². The molecule has 4 aliphatic rings. The van der Waals surface area contributed by atoms with Crippen LogP contribution in [0.25, 0.3) is 0 Å². The van der Waals surface area contributed by atoms with Gasteiger partial charge in [0.2, 0.25) is 0 Å². The lowest BCUT2D eigenvalue weighted by Gasteiger charge is -2.57. The van der Waals surface area contributed by atoms with E-state index in [1.165, 1.54) is 11.1 Å². The van der Waals surface area contributed by atoms with Gasteiger partial charge in [0.1, 0.15) is 5.78 Å². The van der Waals surface area contributed by atoms with E-state index < -0.39 is 29.5 Å². The number of aliphatic hydroxyl groups excluding tert-OH is 3. The number of allylic oxidation sites excluding steroid dienone is 2. The number of carbonyl (C=O) groups excluding carboxylic acids is 1. The van der Waals surface area contributed by atoms with Crippen LogP contribution in [-0.4, -0.2) is 60.8 Å². The van der Waals surface area contributed by atoms with Crippen LogP contribution in [0.5, 0.6) is 0 Å². The molecule has 0 aromatic carbocycles. The zero-order valence-corrected chi connectivity index (χ0v) is 21.0. The predicted molar refractivity (Wildman–Crippen MR) is 125 cm³/mol. The van der Waals surface area contributed by atoms with Gasteiger partial charge in [-0.15, -0.1) is 0 Å². The van der Waals surface area contributed by atoms with Gasteiger partial charge in [0, 0.05) is 12.3 Å². The highest BCUT2D eigenvalue weighted by Gasteiger charge is 2.61. The lowest BCUT2D eigenvalue weighted by atomic mass is 9.48. The van der Waals surface area contributed by atoms with Crippen molar-refractivity contribution in [3.8, 4) is 0 Å². The third kappa shape index (κ3) is 4.04. The van der Waals surface area contributed by atoms with Crippen LogP contribution in [0.3, 0.4) is 0 Å². The van der Waals surface area contributed by atoms with Gasteiger partial charge < -0.3 is 25.5 Å². The summed E-state index contributed by atoms with van der Waals surface area (Å²) in [5.41, 5.74) is -0.307. The van der Waals surface area contributed by atoms with E-state index in [-0.39, 0.29) is 34.4 Å². The molecule has 0 unspecified atom stereocenters. The molecule has 33 heavy (non-hydrogen) atoms. The molecular formula is C27H44O6. The molecule has 0 amide bonds. The fourth-order valence-corrected chi connectivity index (χ4v) is 8.29. The second-order valence-corrected chi connectivity index (χ2v) is 13.0.